The third-order valence-corrected chi connectivity index (χ3v) is 5.48. The molecule has 0 saturated heterocycles. The average molecular weight is 449 g/mol. The molecule has 0 saturated carbocycles. The molecule has 0 unspecified atom stereocenters. The molecule has 7 nitrogen and oxygen atoms in total. The molecule has 162 valence electrons. The lowest BCUT2D eigenvalue weighted by Crippen LogP contribution is -2.21. The van der Waals surface area contributed by atoms with Crippen LogP contribution in [-0.2, 0) is 14.3 Å². The number of nitrogens with zero attached hydrogens (tertiary/aromatic N) is 1. The lowest BCUT2D eigenvalue weighted by atomic mass is 10.0. The average Bonchev–Trinajstić information content (AvgIpc) is 3.13. The molecule has 0 aliphatic heterocycles. The van der Waals surface area contributed by atoms with Gasteiger partial charge < -0.3 is 14.8 Å². The highest BCUT2D eigenvalue weighted by Crippen LogP contribution is 2.40. The molecule has 2 aromatic carbocycles. The Kier molecular flexibility index (Phi) is 7.37. The number of hydrogen-bond donors (Lipinski definition) is 1. The van der Waals surface area contributed by atoms with Gasteiger partial charge in [0.2, 0.25) is 0 Å². The highest BCUT2D eigenvalue weighted by molar-refractivity contribution is 7.17. The number of carbonyl (C=O) groups is 3. The first-order valence-electron chi connectivity index (χ1n) is 9.77. The number of ether oxygens (including phenoxy) is 2. The molecule has 0 radical (unpaired) electrons. The van der Waals surface area contributed by atoms with Gasteiger partial charge in [-0.05, 0) is 43.7 Å². The third-order valence-electron chi connectivity index (χ3n) is 4.46. The van der Waals surface area contributed by atoms with Crippen LogP contribution in [0.3, 0.4) is 0 Å². The summed E-state index contributed by atoms with van der Waals surface area (Å²) >= 11 is 1.25. The van der Waals surface area contributed by atoms with Gasteiger partial charge in [-0.1, -0.05) is 30.3 Å². The Morgan fingerprint density at radius 1 is 1.00 bits per heavy atom. The molecule has 32 heavy (non-hydrogen) atoms. The molecule has 0 bridgehead atoms. The van der Waals surface area contributed by atoms with E-state index in [0.29, 0.717) is 16.1 Å². The minimum absolute atomic E-state index is 0.192. The van der Waals surface area contributed by atoms with Crippen molar-refractivity contribution in [1.82, 2.24) is 0 Å². The van der Waals surface area contributed by atoms with Gasteiger partial charge in [-0.25, -0.2) is 9.59 Å². The van der Waals surface area contributed by atoms with E-state index in [4.69, 9.17) is 14.7 Å². The van der Waals surface area contributed by atoms with E-state index < -0.39 is 24.5 Å². The fourth-order valence-electron chi connectivity index (χ4n) is 3.04. The number of thiophene rings is 1. The smallest absolute Gasteiger partial charge is 0.341 e. The molecule has 1 aromatic heterocycles. The molecule has 8 heteroatoms. The summed E-state index contributed by atoms with van der Waals surface area (Å²) in [5.74, 6) is -1.82. The predicted octanol–water partition coefficient (Wildman–Crippen LogP) is 4.57. The topological polar surface area (TPSA) is 105 Å². The number of rotatable bonds is 7. The summed E-state index contributed by atoms with van der Waals surface area (Å²) in [5.41, 5.74) is 2.43. The van der Waals surface area contributed by atoms with E-state index in [9.17, 15) is 14.4 Å². The van der Waals surface area contributed by atoms with E-state index in [0.717, 1.165) is 10.4 Å². The standard InChI is InChI=1S/C24H20N2O5S/c1-3-30-24(29)21-20(17-7-5-4-6-8-17)15(2)32-22(21)26-19(27)14-31-23(28)18-11-9-16(13-25)10-12-18/h4-12H,3,14H2,1-2H3,(H,26,27). The maximum Gasteiger partial charge on any atom is 0.341 e. The number of anilines is 1. The zero-order valence-corrected chi connectivity index (χ0v) is 18.3. The molecule has 0 aliphatic carbocycles. The number of carbonyl (C=O) groups excluding carboxylic acids is 3. The maximum atomic E-state index is 12.7. The molecular weight excluding hydrogens is 428 g/mol. The Morgan fingerprint density at radius 2 is 1.69 bits per heavy atom. The number of nitriles is 1. The molecule has 0 aliphatic rings. The van der Waals surface area contributed by atoms with Crippen LogP contribution in [0.2, 0.25) is 0 Å². The molecule has 1 N–H and O–H groups in total. The van der Waals surface area contributed by atoms with Gasteiger partial charge in [-0.15, -0.1) is 11.3 Å². The van der Waals surface area contributed by atoms with Crippen molar-refractivity contribution >= 4 is 34.2 Å². The van der Waals surface area contributed by atoms with Crippen molar-refractivity contribution in [3.63, 3.8) is 0 Å². The van der Waals surface area contributed by atoms with E-state index in [1.165, 1.54) is 35.6 Å². The summed E-state index contributed by atoms with van der Waals surface area (Å²) < 4.78 is 10.3. The van der Waals surface area contributed by atoms with Crippen molar-refractivity contribution in [2.24, 2.45) is 0 Å². The molecule has 0 fully saturated rings. The highest BCUT2D eigenvalue weighted by Gasteiger charge is 2.25. The molecule has 1 amide bonds. The molecule has 3 rings (SSSR count). The van der Waals surface area contributed by atoms with Crippen LogP contribution in [0.4, 0.5) is 5.00 Å². The van der Waals surface area contributed by atoms with E-state index in [2.05, 4.69) is 5.32 Å². The van der Waals surface area contributed by atoms with Crippen LogP contribution in [0.25, 0.3) is 11.1 Å². The quantitative estimate of drug-likeness (QED) is 0.531. The fraction of sp³-hybridized carbons (Fsp3) is 0.167. The molecule has 3 aromatic rings. The number of nitrogens with one attached hydrogen (secondary N) is 1. The molecule has 0 spiro atoms. The second-order valence-electron chi connectivity index (χ2n) is 6.64. The van der Waals surface area contributed by atoms with Crippen molar-refractivity contribution in [1.29, 1.82) is 5.26 Å². The van der Waals surface area contributed by atoms with Crippen molar-refractivity contribution < 1.29 is 23.9 Å². The van der Waals surface area contributed by atoms with Crippen molar-refractivity contribution in [3.05, 3.63) is 76.2 Å². The van der Waals surface area contributed by atoms with Crippen molar-refractivity contribution in [2.45, 2.75) is 13.8 Å². The number of hydrogen-bond acceptors (Lipinski definition) is 7. The Balaban J connectivity index is 1.77. The maximum absolute atomic E-state index is 12.7. The van der Waals surface area contributed by atoms with E-state index in [1.807, 2.05) is 43.3 Å². The van der Waals surface area contributed by atoms with Gasteiger partial charge in [0.15, 0.2) is 6.61 Å². The van der Waals surface area contributed by atoms with Gasteiger partial charge in [0.1, 0.15) is 10.6 Å². The van der Waals surface area contributed by atoms with Gasteiger partial charge in [0.25, 0.3) is 5.91 Å². The number of benzene rings is 2. The van der Waals surface area contributed by atoms with Gasteiger partial charge in [-0.3, -0.25) is 4.79 Å². The Hall–Kier alpha value is -3.96. The predicted molar refractivity (Wildman–Crippen MR) is 121 cm³/mol. The molecule has 0 atom stereocenters. The number of esters is 2. The zero-order chi connectivity index (χ0) is 23.1. The molecule has 1 heterocycles. The minimum Gasteiger partial charge on any atom is -0.462 e. The number of amides is 1. The summed E-state index contributed by atoms with van der Waals surface area (Å²) in [6.07, 6.45) is 0. The van der Waals surface area contributed by atoms with Crippen LogP contribution in [-0.4, -0.2) is 31.1 Å². The lowest BCUT2D eigenvalue weighted by molar-refractivity contribution is -0.119. The second kappa shape index (κ2) is 10.4. The monoisotopic (exact) mass is 448 g/mol. The van der Waals surface area contributed by atoms with Crippen molar-refractivity contribution in [3.8, 4) is 17.2 Å². The SMILES string of the molecule is CCOC(=O)c1c(NC(=O)COC(=O)c2ccc(C#N)cc2)sc(C)c1-c1ccccc1. The first kappa shape index (κ1) is 22.7. The van der Waals surface area contributed by atoms with Crippen LogP contribution >= 0.6 is 11.3 Å². The zero-order valence-electron chi connectivity index (χ0n) is 17.5. The normalized spacial score (nSPS) is 10.2. The summed E-state index contributed by atoms with van der Waals surface area (Å²) in [7, 11) is 0. The lowest BCUT2D eigenvalue weighted by Gasteiger charge is -2.09. The summed E-state index contributed by atoms with van der Waals surface area (Å²) in [4.78, 5) is 38.1. The van der Waals surface area contributed by atoms with Gasteiger partial charge >= 0.3 is 11.9 Å². The van der Waals surface area contributed by atoms with Crippen LogP contribution < -0.4 is 5.32 Å². The first-order chi connectivity index (χ1) is 15.4. The van der Waals surface area contributed by atoms with Gasteiger partial charge in [0, 0.05) is 10.4 Å². The first-order valence-corrected chi connectivity index (χ1v) is 10.6. The number of aryl methyl sites for hydroxylation is 1. The van der Waals surface area contributed by atoms with Crippen LogP contribution in [0.15, 0.2) is 54.6 Å². The largest absolute Gasteiger partial charge is 0.462 e. The highest BCUT2D eigenvalue weighted by atomic mass is 32.1. The summed E-state index contributed by atoms with van der Waals surface area (Å²) in [5, 5.41) is 11.8. The third kappa shape index (κ3) is 5.20. The fourth-order valence-corrected chi connectivity index (χ4v) is 4.12. The van der Waals surface area contributed by atoms with Crippen LogP contribution in [0.5, 0.6) is 0 Å². The summed E-state index contributed by atoms with van der Waals surface area (Å²) in [6.45, 7) is 3.23. The Labute approximate surface area is 189 Å². The van der Waals surface area contributed by atoms with Gasteiger partial charge in [-0.2, -0.15) is 5.26 Å². The minimum atomic E-state index is -0.692. The van der Waals surface area contributed by atoms with E-state index >= 15 is 0 Å². The van der Waals surface area contributed by atoms with Crippen molar-refractivity contribution in [2.75, 3.05) is 18.5 Å². The van der Waals surface area contributed by atoms with E-state index in [1.54, 1.807) is 6.92 Å². The summed E-state index contributed by atoms with van der Waals surface area (Å²) in [6, 6.07) is 17.2. The van der Waals surface area contributed by atoms with Crippen LogP contribution in [0, 0.1) is 18.3 Å². The van der Waals surface area contributed by atoms with Crippen LogP contribution in [0.1, 0.15) is 38.1 Å². The Morgan fingerprint density at radius 3 is 2.31 bits per heavy atom. The van der Waals surface area contributed by atoms with Gasteiger partial charge in [0.05, 0.1) is 23.8 Å². The second-order valence-corrected chi connectivity index (χ2v) is 7.86. The Bertz CT molecular complexity index is 1180. The molecular formula is C24H20N2O5S. The van der Waals surface area contributed by atoms with E-state index in [-0.39, 0.29) is 17.7 Å².